The number of nitrogens with zero attached hydrogens (tertiary/aromatic N) is 2. The van der Waals surface area contributed by atoms with Crippen molar-refractivity contribution in [2.45, 2.75) is 65.3 Å². The number of carboxylic acid groups (broad SMARTS) is 1. The lowest BCUT2D eigenvalue weighted by atomic mass is 10.1. The summed E-state index contributed by atoms with van der Waals surface area (Å²) in [6.45, 7) is 10.9. The SMILES string of the molecule is CC(C)n1nccc1C(=O)N[C@@H](C(=O)O)[C@H](C)OC(C)(C)C. The highest BCUT2D eigenvalue weighted by Crippen LogP contribution is 2.14. The number of hydrogen-bond acceptors (Lipinski definition) is 4. The fourth-order valence-electron chi connectivity index (χ4n) is 2.13. The molecule has 0 aliphatic heterocycles. The van der Waals surface area contributed by atoms with Crippen molar-refractivity contribution in [3.8, 4) is 0 Å². The van der Waals surface area contributed by atoms with Gasteiger partial charge in [-0.15, -0.1) is 0 Å². The molecule has 0 saturated heterocycles. The van der Waals surface area contributed by atoms with Crippen LogP contribution < -0.4 is 5.32 Å². The van der Waals surface area contributed by atoms with Crippen LogP contribution in [0.25, 0.3) is 0 Å². The van der Waals surface area contributed by atoms with Crippen LogP contribution in [0.5, 0.6) is 0 Å². The van der Waals surface area contributed by atoms with Crippen molar-refractivity contribution in [2.24, 2.45) is 0 Å². The Hall–Kier alpha value is -1.89. The number of amides is 1. The average molecular weight is 311 g/mol. The largest absolute Gasteiger partial charge is 0.480 e. The van der Waals surface area contributed by atoms with Crippen molar-refractivity contribution in [3.63, 3.8) is 0 Å². The maximum atomic E-state index is 12.3. The molecule has 2 N–H and O–H groups in total. The summed E-state index contributed by atoms with van der Waals surface area (Å²) in [5, 5.41) is 15.9. The minimum absolute atomic E-state index is 0.00211. The standard InChI is InChI=1S/C15H25N3O4/c1-9(2)18-11(7-8-16-18)13(19)17-12(14(20)21)10(3)22-15(4,5)6/h7-10,12H,1-6H3,(H,17,19)(H,20,21)/t10-,12+/m0/s1. The van der Waals surface area contributed by atoms with Gasteiger partial charge in [-0.25, -0.2) is 4.79 Å². The Morgan fingerprint density at radius 3 is 2.36 bits per heavy atom. The topological polar surface area (TPSA) is 93.5 Å². The third kappa shape index (κ3) is 4.84. The molecule has 0 spiro atoms. The summed E-state index contributed by atoms with van der Waals surface area (Å²) in [5.74, 6) is -1.62. The van der Waals surface area contributed by atoms with Gasteiger partial charge in [-0.2, -0.15) is 5.10 Å². The molecule has 22 heavy (non-hydrogen) atoms. The van der Waals surface area contributed by atoms with E-state index in [1.54, 1.807) is 17.7 Å². The third-order valence-electron chi connectivity index (χ3n) is 2.95. The summed E-state index contributed by atoms with van der Waals surface area (Å²) in [4.78, 5) is 23.8. The zero-order valence-electron chi connectivity index (χ0n) is 14.0. The number of hydrogen-bond donors (Lipinski definition) is 2. The van der Waals surface area contributed by atoms with Crippen LogP contribution in [0.3, 0.4) is 0 Å². The molecule has 1 rings (SSSR count). The highest BCUT2D eigenvalue weighted by Gasteiger charge is 2.31. The molecule has 1 amide bonds. The predicted molar refractivity (Wildman–Crippen MR) is 81.8 cm³/mol. The summed E-state index contributed by atoms with van der Waals surface area (Å²) in [6, 6.07) is 0.424. The van der Waals surface area contributed by atoms with E-state index in [0.29, 0.717) is 5.69 Å². The predicted octanol–water partition coefficient (Wildman–Crippen LogP) is 1.85. The van der Waals surface area contributed by atoms with E-state index < -0.39 is 29.6 Å². The highest BCUT2D eigenvalue weighted by molar-refractivity contribution is 5.95. The van der Waals surface area contributed by atoms with E-state index in [-0.39, 0.29) is 6.04 Å². The van der Waals surface area contributed by atoms with E-state index in [4.69, 9.17) is 4.74 Å². The van der Waals surface area contributed by atoms with Gasteiger partial charge in [0.25, 0.3) is 5.91 Å². The first-order chi connectivity index (χ1) is 10.0. The molecule has 1 aromatic heterocycles. The molecule has 124 valence electrons. The Morgan fingerprint density at radius 2 is 1.91 bits per heavy atom. The number of carbonyl (C=O) groups excluding carboxylic acids is 1. The van der Waals surface area contributed by atoms with Crippen molar-refractivity contribution in [3.05, 3.63) is 18.0 Å². The van der Waals surface area contributed by atoms with Crippen LogP contribution >= 0.6 is 0 Å². The van der Waals surface area contributed by atoms with Crippen molar-refractivity contribution in [2.75, 3.05) is 0 Å². The molecule has 0 fully saturated rings. The molecule has 7 nitrogen and oxygen atoms in total. The van der Waals surface area contributed by atoms with Gasteiger partial charge in [-0.3, -0.25) is 9.48 Å². The molecule has 0 bridgehead atoms. The van der Waals surface area contributed by atoms with Crippen LogP contribution in [-0.4, -0.2) is 44.5 Å². The van der Waals surface area contributed by atoms with E-state index in [1.165, 1.54) is 6.20 Å². The van der Waals surface area contributed by atoms with Crippen LogP contribution in [0, 0.1) is 0 Å². The number of carboxylic acids is 1. The molecule has 1 aromatic rings. The molecule has 0 aromatic carbocycles. The van der Waals surface area contributed by atoms with E-state index in [0.717, 1.165) is 0 Å². The molecule has 0 aliphatic carbocycles. The quantitative estimate of drug-likeness (QED) is 0.836. The monoisotopic (exact) mass is 311 g/mol. The van der Waals surface area contributed by atoms with Crippen molar-refractivity contribution < 1.29 is 19.4 Å². The molecule has 0 aliphatic rings. The van der Waals surface area contributed by atoms with E-state index in [9.17, 15) is 14.7 Å². The number of nitrogens with one attached hydrogen (secondary N) is 1. The van der Waals surface area contributed by atoms with E-state index >= 15 is 0 Å². The summed E-state index contributed by atoms with van der Waals surface area (Å²) >= 11 is 0. The zero-order valence-corrected chi connectivity index (χ0v) is 14.0. The fraction of sp³-hybridized carbons (Fsp3) is 0.667. The molecule has 0 saturated carbocycles. The van der Waals surface area contributed by atoms with Crippen LogP contribution in [0.1, 0.15) is 58.1 Å². The molecular formula is C15H25N3O4. The van der Waals surface area contributed by atoms with Crippen LogP contribution in [0.15, 0.2) is 12.3 Å². The number of ether oxygens (including phenoxy) is 1. The molecule has 0 unspecified atom stereocenters. The Bertz CT molecular complexity index is 531. The average Bonchev–Trinajstić information content (AvgIpc) is 2.82. The first-order valence-electron chi connectivity index (χ1n) is 7.28. The van der Waals surface area contributed by atoms with Gasteiger partial charge in [0.15, 0.2) is 6.04 Å². The van der Waals surface area contributed by atoms with Gasteiger partial charge in [-0.1, -0.05) is 0 Å². The van der Waals surface area contributed by atoms with Gasteiger partial charge < -0.3 is 15.2 Å². The molecule has 2 atom stereocenters. The smallest absolute Gasteiger partial charge is 0.328 e. The van der Waals surface area contributed by atoms with Gasteiger partial charge in [0.1, 0.15) is 5.69 Å². The zero-order chi connectivity index (χ0) is 17.1. The summed E-state index contributed by atoms with van der Waals surface area (Å²) in [6.07, 6.45) is 0.844. The fourth-order valence-corrected chi connectivity index (χ4v) is 2.13. The van der Waals surface area contributed by atoms with Crippen molar-refractivity contribution in [1.29, 1.82) is 0 Å². The van der Waals surface area contributed by atoms with E-state index in [2.05, 4.69) is 10.4 Å². The Morgan fingerprint density at radius 1 is 1.32 bits per heavy atom. The lowest BCUT2D eigenvalue weighted by molar-refractivity contribution is -0.146. The number of carbonyl (C=O) groups is 2. The minimum Gasteiger partial charge on any atom is -0.480 e. The van der Waals surface area contributed by atoms with Gasteiger partial charge >= 0.3 is 5.97 Å². The van der Waals surface area contributed by atoms with Gasteiger partial charge in [0, 0.05) is 12.2 Å². The second-order valence-electron chi connectivity index (χ2n) is 6.48. The summed E-state index contributed by atoms with van der Waals surface area (Å²) < 4.78 is 7.18. The Kier molecular flexibility index (Phi) is 5.71. The Balaban J connectivity index is 2.89. The summed E-state index contributed by atoms with van der Waals surface area (Å²) in [5.41, 5.74) is -0.179. The molecular weight excluding hydrogens is 286 g/mol. The van der Waals surface area contributed by atoms with Gasteiger partial charge in [0.2, 0.25) is 0 Å². The third-order valence-corrected chi connectivity index (χ3v) is 2.95. The van der Waals surface area contributed by atoms with Crippen LogP contribution in [-0.2, 0) is 9.53 Å². The van der Waals surface area contributed by atoms with Gasteiger partial charge in [-0.05, 0) is 47.6 Å². The molecule has 7 heteroatoms. The molecule has 0 radical (unpaired) electrons. The minimum atomic E-state index is -1.14. The highest BCUT2D eigenvalue weighted by atomic mass is 16.5. The number of rotatable bonds is 6. The first-order valence-corrected chi connectivity index (χ1v) is 7.28. The second-order valence-corrected chi connectivity index (χ2v) is 6.48. The lowest BCUT2D eigenvalue weighted by Gasteiger charge is -2.29. The number of aromatic nitrogens is 2. The summed E-state index contributed by atoms with van der Waals surface area (Å²) in [7, 11) is 0. The van der Waals surface area contributed by atoms with Gasteiger partial charge in [0.05, 0.1) is 11.7 Å². The van der Waals surface area contributed by atoms with E-state index in [1.807, 2.05) is 34.6 Å². The van der Waals surface area contributed by atoms with Crippen molar-refractivity contribution >= 4 is 11.9 Å². The maximum Gasteiger partial charge on any atom is 0.328 e. The van der Waals surface area contributed by atoms with Crippen molar-refractivity contribution in [1.82, 2.24) is 15.1 Å². The van der Waals surface area contributed by atoms with Crippen LogP contribution in [0.4, 0.5) is 0 Å². The normalized spacial score (nSPS) is 14.7. The van der Waals surface area contributed by atoms with Crippen LogP contribution in [0.2, 0.25) is 0 Å². The second kappa shape index (κ2) is 6.91. The molecule has 1 heterocycles. The number of aliphatic carboxylic acids is 1. The maximum absolute atomic E-state index is 12.3. The lowest BCUT2D eigenvalue weighted by Crippen LogP contribution is -2.50. The Labute approximate surface area is 130 Å². The first kappa shape index (κ1) is 18.2.